The maximum Gasteiger partial charge on any atom is 0.0511 e. The van der Waals surface area contributed by atoms with Gasteiger partial charge in [0.05, 0.1) is 5.69 Å². The van der Waals surface area contributed by atoms with E-state index in [1.165, 1.54) is 32.6 Å². The molecular weight excluding hydrogens is 386 g/mol. The van der Waals surface area contributed by atoms with Gasteiger partial charge >= 0.3 is 0 Å². The van der Waals surface area contributed by atoms with Crippen LogP contribution in [0.2, 0.25) is 5.02 Å². The van der Waals surface area contributed by atoms with Crippen LogP contribution in [0, 0.1) is 0 Å². The molecule has 0 bridgehead atoms. The van der Waals surface area contributed by atoms with Gasteiger partial charge in [-0.3, -0.25) is 4.90 Å². The van der Waals surface area contributed by atoms with Crippen LogP contribution in [0.5, 0.6) is 0 Å². The van der Waals surface area contributed by atoms with Crippen molar-refractivity contribution in [1.82, 2.24) is 9.88 Å². The predicted octanol–water partition coefficient (Wildman–Crippen LogP) is 5.30. The molecule has 0 radical (unpaired) electrons. The van der Waals surface area contributed by atoms with Crippen molar-refractivity contribution in [2.75, 3.05) is 43.4 Å². The van der Waals surface area contributed by atoms with Crippen molar-refractivity contribution in [3.63, 3.8) is 0 Å². The van der Waals surface area contributed by atoms with Crippen LogP contribution in [0.1, 0.15) is 11.1 Å². The highest BCUT2D eigenvalue weighted by Gasteiger charge is 2.21. The highest BCUT2D eigenvalue weighted by Crippen LogP contribution is 2.37. The Morgan fingerprint density at radius 3 is 2.86 bits per heavy atom. The van der Waals surface area contributed by atoms with Gasteiger partial charge in [-0.25, -0.2) is 0 Å². The van der Waals surface area contributed by atoms with Crippen LogP contribution in [0.15, 0.2) is 53.6 Å². The van der Waals surface area contributed by atoms with Gasteiger partial charge in [0.2, 0.25) is 0 Å². The number of fused-ring (bicyclic) bond motifs is 2. The number of piperazine rings is 1. The highest BCUT2D eigenvalue weighted by atomic mass is 35.5. The minimum Gasteiger partial charge on any atom is -0.368 e. The molecule has 1 saturated heterocycles. The molecule has 2 aliphatic rings. The first-order valence-corrected chi connectivity index (χ1v) is 11.3. The molecule has 2 aromatic carbocycles. The molecule has 1 N–H and O–H groups in total. The second-order valence-electron chi connectivity index (χ2n) is 7.49. The number of hydrogen-bond acceptors (Lipinski definition) is 3. The molecule has 1 fully saturated rings. The first-order chi connectivity index (χ1) is 13.8. The first-order valence-electron chi connectivity index (χ1n) is 9.93. The fourth-order valence-corrected chi connectivity index (χ4v) is 5.41. The Labute approximate surface area is 175 Å². The lowest BCUT2D eigenvalue weighted by Crippen LogP contribution is -2.47. The number of aromatic nitrogens is 1. The van der Waals surface area contributed by atoms with Gasteiger partial charge < -0.3 is 9.88 Å². The summed E-state index contributed by atoms with van der Waals surface area (Å²) >= 11 is 8.15. The Kier molecular flexibility index (Phi) is 5.10. The Bertz CT molecular complexity index is 1020. The molecule has 3 heterocycles. The SMILES string of the molecule is Clc1ccc2[nH]cc(CCN3CCN(c4cccc5c4SCC=C5)CC3)c2c1. The monoisotopic (exact) mass is 409 g/mol. The molecular formula is C23H24ClN3S. The second-order valence-corrected chi connectivity index (χ2v) is 8.96. The normalized spacial score (nSPS) is 17.2. The van der Waals surface area contributed by atoms with Gasteiger partial charge in [-0.15, -0.1) is 11.8 Å². The Morgan fingerprint density at radius 2 is 1.96 bits per heavy atom. The van der Waals surface area contributed by atoms with E-state index in [2.05, 4.69) is 63.5 Å². The largest absolute Gasteiger partial charge is 0.368 e. The minimum absolute atomic E-state index is 0.806. The third-order valence-corrected chi connectivity index (χ3v) is 7.11. The number of aromatic amines is 1. The van der Waals surface area contributed by atoms with Crippen molar-refractivity contribution in [1.29, 1.82) is 0 Å². The number of halogens is 1. The molecule has 1 aromatic heterocycles. The number of nitrogens with one attached hydrogen (secondary N) is 1. The third-order valence-electron chi connectivity index (χ3n) is 5.79. The molecule has 0 amide bonds. The molecule has 0 atom stereocenters. The molecule has 0 saturated carbocycles. The molecule has 3 nitrogen and oxygen atoms in total. The number of anilines is 1. The zero-order chi connectivity index (χ0) is 18.9. The number of thioether (sulfide) groups is 1. The van der Waals surface area contributed by atoms with Gasteiger partial charge in [-0.05, 0) is 41.8 Å². The molecule has 0 spiro atoms. The number of benzene rings is 2. The van der Waals surface area contributed by atoms with Crippen LogP contribution in [-0.2, 0) is 6.42 Å². The lowest BCUT2D eigenvalue weighted by molar-refractivity contribution is 0.261. The van der Waals surface area contributed by atoms with Crippen LogP contribution in [0.25, 0.3) is 17.0 Å². The first kappa shape index (κ1) is 18.2. The Hall–Kier alpha value is -1.88. The number of H-pyrrole nitrogens is 1. The lowest BCUT2D eigenvalue weighted by atomic mass is 10.1. The number of nitrogens with zero attached hydrogens (tertiary/aromatic N) is 2. The average molecular weight is 410 g/mol. The van der Waals surface area contributed by atoms with Crippen LogP contribution >= 0.6 is 23.4 Å². The fourth-order valence-electron chi connectivity index (χ4n) is 4.23. The van der Waals surface area contributed by atoms with Crippen molar-refractivity contribution in [2.45, 2.75) is 11.3 Å². The van der Waals surface area contributed by atoms with Crippen molar-refractivity contribution in [2.24, 2.45) is 0 Å². The van der Waals surface area contributed by atoms with E-state index in [1.54, 1.807) is 0 Å². The van der Waals surface area contributed by atoms with Gasteiger partial charge in [-0.1, -0.05) is 35.9 Å². The van der Waals surface area contributed by atoms with Crippen LogP contribution in [-0.4, -0.2) is 48.4 Å². The third kappa shape index (κ3) is 3.57. The van der Waals surface area contributed by atoms with Gasteiger partial charge in [0.15, 0.2) is 0 Å². The van der Waals surface area contributed by atoms with Crippen LogP contribution in [0.3, 0.4) is 0 Å². The van der Waals surface area contributed by atoms with Gasteiger partial charge in [0, 0.05) is 65.5 Å². The summed E-state index contributed by atoms with van der Waals surface area (Å²) in [6.45, 7) is 5.53. The van der Waals surface area contributed by atoms with E-state index in [0.717, 1.165) is 49.9 Å². The van der Waals surface area contributed by atoms with Crippen LogP contribution in [0.4, 0.5) is 5.69 Å². The van der Waals surface area contributed by atoms with E-state index >= 15 is 0 Å². The summed E-state index contributed by atoms with van der Waals surface area (Å²) < 4.78 is 0. The Balaban J connectivity index is 1.22. The van der Waals surface area contributed by atoms with E-state index in [-0.39, 0.29) is 0 Å². The number of rotatable bonds is 4. The summed E-state index contributed by atoms with van der Waals surface area (Å²) in [6.07, 6.45) is 7.71. The topological polar surface area (TPSA) is 22.3 Å². The Morgan fingerprint density at radius 1 is 1.07 bits per heavy atom. The van der Waals surface area contributed by atoms with Crippen molar-refractivity contribution >= 4 is 46.0 Å². The van der Waals surface area contributed by atoms with Gasteiger partial charge in [0.25, 0.3) is 0 Å². The van der Waals surface area contributed by atoms with Gasteiger partial charge in [-0.2, -0.15) is 0 Å². The maximum atomic E-state index is 6.19. The highest BCUT2D eigenvalue weighted by molar-refractivity contribution is 7.99. The zero-order valence-corrected chi connectivity index (χ0v) is 17.4. The summed E-state index contributed by atoms with van der Waals surface area (Å²) in [4.78, 5) is 9.97. The van der Waals surface area contributed by atoms with Crippen LogP contribution < -0.4 is 4.90 Å². The second kappa shape index (κ2) is 7.86. The van der Waals surface area contributed by atoms with Crippen molar-refractivity contribution in [3.8, 4) is 0 Å². The predicted molar refractivity (Wildman–Crippen MR) is 122 cm³/mol. The smallest absolute Gasteiger partial charge is 0.0511 e. The molecule has 5 heteroatoms. The maximum absolute atomic E-state index is 6.19. The zero-order valence-electron chi connectivity index (χ0n) is 15.8. The summed E-state index contributed by atoms with van der Waals surface area (Å²) in [5.41, 5.74) is 5.32. The minimum atomic E-state index is 0.806. The molecule has 28 heavy (non-hydrogen) atoms. The molecule has 0 unspecified atom stereocenters. The fraction of sp³-hybridized carbons (Fsp3) is 0.304. The molecule has 0 aliphatic carbocycles. The average Bonchev–Trinajstić information content (AvgIpc) is 3.14. The van der Waals surface area contributed by atoms with Crippen molar-refractivity contribution < 1.29 is 0 Å². The van der Waals surface area contributed by atoms with E-state index in [9.17, 15) is 0 Å². The summed E-state index contributed by atoms with van der Waals surface area (Å²) in [5.74, 6) is 1.08. The number of hydrogen-bond donors (Lipinski definition) is 1. The summed E-state index contributed by atoms with van der Waals surface area (Å²) in [7, 11) is 0. The summed E-state index contributed by atoms with van der Waals surface area (Å²) in [6, 6.07) is 12.8. The molecule has 3 aromatic rings. The molecule has 144 valence electrons. The lowest BCUT2D eigenvalue weighted by Gasteiger charge is -2.37. The molecule has 5 rings (SSSR count). The van der Waals surface area contributed by atoms with E-state index < -0.39 is 0 Å². The van der Waals surface area contributed by atoms with E-state index in [1.807, 2.05) is 17.8 Å². The summed E-state index contributed by atoms with van der Waals surface area (Å²) in [5, 5.41) is 2.06. The van der Waals surface area contributed by atoms with Gasteiger partial charge in [0.1, 0.15) is 0 Å². The molecule has 2 aliphatic heterocycles. The standard InChI is InChI=1S/C23H24ClN3S/c24-19-6-7-21-20(15-19)18(16-25-21)8-9-26-10-12-27(13-11-26)22-5-1-3-17-4-2-14-28-23(17)22/h1-7,15-16,25H,8-14H2. The quantitative estimate of drug-likeness (QED) is 0.631. The van der Waals surface area contributed by atoms with E-state index in [0.29, 0.717) is 0 Å². The van der Waals surface area contributed by atoms with E-state index in [4.69, 9.17) is 11.6 Å². The van der Waals surface area contributed by atoms with Crippen molar-refractivity contribution in [3.05, 3.63) is 64.8 Å².